The molecule has 1 aromatic carbocycles. The number of benzene rings is 1. The smallest absolute Gasteiger partial charge is 0.183 e. The lowest BCUT2D eigenvalue weighted by atomic mass is 10.1. The third kappa shape index (κ3) is 2.41. The van der Waals surface area contributed by atoms with Crippen molar-refractivity contribution in [2.45, 2.75) is 18.9 Å². The fourth-order valence-corrected chi connectivity index (χ4v) is 2.45. The second kappa shape index (κ2) is 5.14. The maximum atomic E-state index is 6.20. The zero-order valence-corrected chi connectivity index (χ0v) is 11.0. The molecule has 2 N–H and O–H groups in total. The van der Waals surface area contributed by atoms with Crippen LogP contribution in [-0.4, -0.2) is 33.4 Å². The largest absolute Gasteiger partial charge is 0.399 e. The van der Waals surface area contributed by atoms with Crippen molar-refractivity contribution < 1.29 is 4.74 Å². The van der Waals surface area contributed by atoms with Gasteiger partial charge in [-0.3, -0.25) is 0 Å². The second-order valence-electron chi connectivity index (χ2n) is 4.56. The van der Waals surface area contributed by atoms with E-state index in [-0.39, 0.29) is 6.04 Å². The molecule has 1 fully saturated rings. The molecule has 2 heterocycles. The van der Waals surface area contributed by atoms with Crippen molar-refractivity contribution in [1.29, 1.82) is 0 Å². The van der Waals surface area contributed by atoms with Crippen LogP contribution in [0.2, 0.25) is 5.02 Å². The highest BCUT2D eigenvalue weighted by molar-refractivity contribution is 6.33. The number of nitrogens with zero attached hydrogens (tertiary/aromatic N) is 4. The molecule has 1 aromatic heterocycles. The fourth-order valence-electron chi connectivity index (χ4n) is 2.25. The number of tetrazole rings is 1. The quantitative estimate of drug-likeness (QED) is 0.850. The van der Waals surface area contributed by atoms with Gasteiger partial charge in [-0.1, -0.05) is 11.6 Å². The van der Waals surface area contributed by atoms with Crippen molar-refractivity contribution in [3.05, 3.63) is 23.2 Å². The number of aromatic nitrogens is 4. The molecule has 1 atom stereocenters. The van der Waals surface area contributed by atoms with Gasteiger partial charge in [0.25, 0.3) is 0 Å². The van der Waals surface area contributed by atoms with Crippen molar-refractivity contribution >= 4 is 17.3 Å². The van der Waals surface area contributed by atoms with E-state index in [1.165, 1.54) is 0 Å². The van der Waals surface area contributed by atoms with Gasteiger partial charge in [-0.15, -0.1) is 5.10 Å². The van der Waals surface area contributed by atoms with Crippen LogP contribution in [0.5, 0.6) is 0 Å². The number of ether oxygens (including phenoxy) is 1. The van der Waals surface area contributed by atoms with Crippen LogP contribution in [0.25, 0.3) is 11.4 Å². The highest BCUT2D eigenvalue weighted by Gasteiger charge is 2.22. The Kier molecular flexibility index (Phi) is 3.35. The van der Waals surface area contributed by atoms with E-state index >= 15 is 0 Å². The molecule has 2 aromatic rings. The monoisotopic (exact) mass is 279 g/mol. The van der Waals surface area contributed by atoms with E-state index < -0.39 is 0 Å². The van der Waals surface area contributed by atoms with Crippen LogP contribution < -0.4 is 5.73 Å². The zero-order chi connectivity index (χ0) is 13.2. The summed E-state index contributed by atoms with van der Waals surface area (Å²) in [4.78, 5) is 0. The number of halogens is 1. The van der Waals surface area contributed by atoms with Crippen molar-refractivity contribution in [2.75, 3.05) is 18.9 Å². The summed E-state index contributed by atoms with van der Waals surface area (Å²) in [6, 6.07) is 5.44. The fraction of sp³-hybridized carbons (Fsp3) is 0.417. The molecule has 0 saturated carbocycles. The second-order valence-corrected chi connectivity index (χ2v) is 4.96. The molecular formula is C12H14ClN5O. The van der Waals surface area contributed by atoms with Gasteiger partial charge in [0.05, 0.1) is 17.7 Å². The van der Waals surface area contributed by atoms with Crippen LogP contribution in [0, 0.1) is 0 Å². The zero-order valence-electron chi connectivity index (χ0n) is 10.3. The Morgan fingerprint density at radius 3 is 3.11 bits per heavy atom. The number of hydrogen-bond donors (Lipinski definition) is 1. The molecule has 3 rings (SSSR count). The van der Waals surface area contributed by atoms with E-state index in [1.807, 2.05) is 0 Å². The van der Waals surface area contributed by atoms with Gasteiger partial charge in [-0.25, -0.2) is 4.68 Å². The van der Waals surface area contributed by atoms with Gasteiger partial charge in [-0.05, 0) is 41.5 Å². The summed E-state index contributed by atoms with van der Waals surface area (Å²) in [6.07, 6.45) is 2.01. The van der Waals surface area contributed by atoms with E-state index in [9.17, 15) is 0 Å². The Morgan fingerprint density at radius 2 is 2.32 bits per heavy atom. The van der Waals surface area contributed by atoms with Crippen LogP contribution in [-0.2, 0) is 4.74 Å². The summed E-state index contributed by atoms with van der Waals surface area (Å²) in [6.45, 7) is 1.42. The SMILES string of the molecule is Nc1ccc(Cl)c(-c2nnnn2C2CCCOC2)c1. The summed E-state index contributed by atoms with van der Waals surface area (Å²) in [5.74, 6) is 0.632. The normalized spacial score (nSPS) is 19.5. The molecule has 1 aliphatic rings. The van der Waals surface area contributed by atoms with Gasteiger partial charge in [0.15, 0.2) is 5.82 Å². The first-order valence-electron chi connectivity index (χ1n) is 6.16. The van der Waals surface area contributed by atoms with E-state index in [2.05, 4.69) is 15.5 Å². The maximum Gasteiger partial charge on any atom is 0.183 e. The predicted molar refractivity (Wildman–Crippen MR) is 71.8 cm³/mol. The molecule has 7 heteroatoms. The molecule has 19 heavy (non-hydrogen) atoms. The number of nitrogen functional groups attached to an aromatic ring is 1. The topological polar surface area (TPSA) is 78.9 Å². The first kappa shape index (κ1) is 12.4. The number of hydrogen-bond acceptors (Lipinski definition) is 5. The van der Waals surface area contributed by atoms with Gasteiger partial charge in [0.1, 0.15) is 0 Å². The molecule has 6 nitrogen and oxygen atoms in total. The Hall–Kier alpha value is -1.66. The number of rotatable bonds is 2. The van der Waals surface area contributed by atoms with Gasteiger partial charge in [0.2, 0.25) is 0 Å². The molecule has 0 amide bonds. The third-order valence-corrected chi connectivity index (χ3v) is 3.54. The molecule has 1 aliphatic heterocycles. The summed E-state index contributed by atoms with van der Waals surface area (Å²) < 4.78 is 7.25. The van der Waals surface area contributed by atoms with Gasteiger partial charge < -0.3 is 10.5 Å². The molecule has 0 spiro atoms. The molecule has 1 saturated heterocycles. The lowest BCUT2D eigenvalue weighted by Gasteiger charge is -2.22. The van der Waals surface area contributed by atoms with E-state index in [1.54, 1.807) is 22.9 Å². The highest BCUT2D eigenvalue weighted by atomic mass is 35.5. The Bertz CT molecular complexity index is 579. The summed E-state index contributed by atoms with van der Waals surface area (Å²) >= 11 is 6.20. The summed E-state index contributed by atoms with van der Waals surface area (Å²) in [7, 11) is 0. The first-order valence-corrected chi connectivity index (χ1v) is 6.54. The molecular weight excluding hydrogens is 266 g/mol. The Morgan fingerprint density at radius 1 is 1.42 bits per heavy atom. The average Bonchev–Trinajstić information content (AvgIpc) is 2.91. The van der Waals surface area contributed by atoms with Gasteiger partial charge >= 0.3 is 0 Å². The maximum absolute atomic E-state index is 6.20. The standard InChI is InChI=1S/C12H14ClN5O/c13-11-4-3-8(14)6-10(11)12-15-16-17-18(12)9-2-1-5-19-7-9/h3-4,6,9H,1-2,5,7,14H2. The summed E-state index contributed by atoms with van der Waals surface area (Å²) in [5, 5.41) is 12.5. The van der Waals surface area contributed by atoms with Gasteiger partial charge in [0, 0.05) is 17.9 Å². The van der Waals surface area contributed by atoms with Crippen LogP contribution in [0.1, 0.15) is 18.9 Å². The van der Waals surface area contributed by atoms with E-state index in [0.717, 1.165) is 25.0 Å². The molecule has 0 bridgehead atoms. The lowest BCUT2D eigenvalue weighted by molar-refractivity contribution is 0.0548. The molecule has 0 aliphatic carbocycles. The van der Waals surface area contributed by atoms with Gasteiger partial charge in [-0.2, -0.15) is 0 Å². The minimum atomic E-state index is 0.149. The van der Waals surface area contributed by atoms with Crippen molar-refractivity contribution in [3.8, 4) is 11.4 Å². The number of anilines is 1. The van der Waals surface area contributed by atoms with E-state index in [4.69, 9.17) is 22.1 Å². The molecule has 1 unspecified atom stereocenters. The predicted octanol–water partition coefficient (Wildman–Crippen LogP) is 1.93. The Labute approximate surface area is 115 Å². The lowest BCUT2D eigenvalue weighted by Crippen LogP contribution is -2.23. The van der Waals surface area contributed by atoms with Crippen LogP contribution in [0.15, 0.2) is 18.2 Å². The molecule has 100 valence electrons. The first-order chi connectivity index (χ1) is 9.25. The van der Waals surface area contributed by atoms with Crippen molar-refractivity contribution in [1.82, 2.24) is 20.2 Å². The minimum absolute atomic E-state index is 0.149. The minimum Gasteiger partial charge on any atom is -0.399 e. The summed E-state index contributed by atoms with van der Waals surface area (Å²) in [5.41, 5.74) is 7.18. The van der Waals surface area contributed by atoms with Crippen molar-refractivity contribution in [2.24, 2.45) is 0 Å². The highest BCUT2D eigenvalue weighted by Crippen LogP contribution is 2.30. The number of nitrogens with two attached hydrogens (primary N) is 1. The average molecular weight is 280 g/mol. The third-order valence-electron chi connectivity index (χ3n) is 3.21. The Balaban J connectivity index is 2.01. The van der Waals surface area contributed by atoms with Crippen LogP contribution in [0.3, 0.4) is 0 Å². The van der Waals surface area contributed by atoms with Crippen LogP contribution in [0.4, 0.5) is 5.69 Å². The van der Waals surface area contributed by atoms with E-state index in [0.29, 0.717) is 23.1 Å². The van der Waals surface area contributed by atoms with Crippen LogP contribution >= 0.6 is 11.6 Å². The van der Waals surface area contributed by atoms with Crippen molar-refractivity contribution in [3.63, 3.8) is 0 Å². The molecule has 0 radical (unpaired) electrons.